The summed E-state index contributed by atoms with van der Waals surface area (Å²) >= 11 is 0. The molecule has 0 radical (unpaired) electrons. The number of hydrazine groups is 1. The van der Waals surface area contributed by atoms with Crippen LogP contribution in [0.3, 0.4) is 0 Å². The summed E-state index contributed by atoms with van der Waals surface area (Å²) in [6.07, 6.45) is 0. The number of pyridine rings is 1. The number of hydrogen-bond donors (Lipinski definition) is 2. The van der Waals surface area contributed by atoms with Gasteiger partial charge in [0.05, 0.1) is 17.1 Å². The molecule has 0 unspecified atom stereocenters. The number of rotatable bonds is 5. The Morgan fingerprint density at radius 1 is 1.29 bits per heavy atom. The van der Waals surface area contributed by atoms with Crippen molar-refractivity contribution in [2.24, 2.45) is 5.84 Å². The Balaban J connectivity index is 2.26. The van der Waals surface area contributed by atoms with Gasteiger partial charge in [-0.15, -0.1) is 0 Å². The minimum atomic E-state index is -0.531. The van der Waals surface area contributed by atoms with Gasteiger partial charge in [0.2, 0.25) is 5.88 Å². The molecule has 21 heavy (non-hydrogen) atoms. The molecule has 0 bridgehead atoms. The molecule has 1 aromatic heterocycles. The van der Waals surface area contributed by atoms with Gasteiger partial charge in [0.1, 0.15) is 5.75 Å². The van der Waals surface area contributed by atoms with Crippen molar-refractivity contribution in [1.82, 2.24) is 4.98 Å². The van der Waals surface area contributed by atoms with Gasteiger partial charge < -0.3 is 10.2 Å². The molecule has 0 spiro atoms. The average molecular weight is 288 g/mol. The van der Waals surface area contributed by atoms with E-state index in [4.69, 9.17) is 10.6 Å². The highest BCUT2D eigenvalue weighted by Gasteiger charge is 2.12. The summed E-state index contributed by atoms with van der Waals surface area (Å²) in [5.41, 5.74) is 3.31. The molecule has 1 heterocycles. The SMILES string of the molecule is CC(C)c1ccc(Oc2cc([N+](=O)[O-])cc(NN)n2)cc1. The number of nitrogens with zero attached hydrogens (tertiary/aromatic N) is 2. The van der Waals surface area contributed by atoms with Crippen LogP contribution in [0.4, 0.5) is 11.5 Å². The van der Waals surface area contributed by atoms with Crippen molar-refractivity contribution < 1.29 is 9.66 Å². The van der Waals surface area contributed by atoms with Crippen molar-refractivity contribution >= 4 is 11.5 Å². The molecule has 110 valence electrons. The zero-order valence-electron chi connectivity index (χ0n) is 11.7. The second kappa shape index (κ2) is 6.19. The molecular formula is C14H16N4O3. The van der Waals surface area contributed by atoms with Gasteiger partial charge in [0.25, 0.3) is 5.69 Å². The Bertz CT molecular complexity index is 641. The van der Waals surface area contributed by atoms with Gasteiger partial charge in [-0.25, -0.2) is 5.84 Å². The van der Waals surface area contributed by atoms with Crippen molar-refractivity contribution in [3.8, 4) is 11.6 Å². The molecule has 0 atom stereocenters. The van der Waals surface area contributed by atoms with Gasteiger partial charge in [-0.3, -0.25) is 10.1 Å². The smallest absolute Gasteiger partial charge is 0.278 e. The summed E-state index contributed by atoms with van der Waals surface area (Å²) in [5.74, 6) is 6.49. The maximum Gasteiger partial charge on any atom is 0.278 e. The third-order valence-corrected chi connectivity index (χ3v) is 2.91. The molecule has 0 fully saturated rings. The lowest BCUT2D eigenvalue weighted by Crippen LogP contribution is -2.09. The van der Waals surface area contributed by atoms with E-state index >= 15 is 0 Å². The van der Waals surface area contributed by atoms with Crippen molar-refractivity contribution in [2.75, 3.05) is 5.43 Å². The van der Waals surface area contributed by atoms with E-state index in [1.54, 1.807) is 12.1 Å². The molecule has 0 aliphatic heterocycles. The van der Waals surface area contributed by atoms with Crippen LogP contribution in [0.5, 0.6) is 11.6 Å². The predicted molar refractivity (Wildman–Crippen MR) is 79.3 cm³/mol. The van der Waals surface area contributed by atoms with E-state index in [2.05, 4.69) is 24.3 Å². The Hall–Kier alpha value is -2.67. The van der Waals surface area contributed by atoms with Gasteiger partial charge in [-0.1, -0.05) is 26.0 Å². The Kier molecular flexibility index (Phi) is 4.34. The van der Waals surface area contributed by atoms with Crippen LogP contribution in [0.25, 0.3) is 0 Å². The summed E-state index contributed by atoms with van der Waals surface area (Å²) in [6, 6.07) is 9.96. The third kappa shape index (κ3) is 3.67. The second-order valence-corrected chi connectivity index (χ2v) is 4.78. The van der Waals surface area contributed by atoms with Crippen molar-refractivity contribution in [1.29, 1.82) is 0 Å². The van der Waals surface area contributed by atoms with Gasteiger partial charge in [-0.2, -0.15) is 4.98 Å². The Labute approximate surface area is 121 Å². The van der Waals surface area contributed by atoms with E-state index in [-0.39, 0.29) is 17.4 Å². The first-order chi connectivity index (χ1) is 9.99. The fraction of sp³-hybridized carbons (Fsp3) is 0.214. The third-order valence-electron chi connectivity index (χ3n) is 2.91. The van der Waals surface area contributed by atoms with Crippen LogP contribution in [-0.4, -0.2) is 9.91 Å². The van der Waals surface area contributed by atoms with E-state index in [9.17, 15) is 10.1 Å². The summed E-state index contributed by atoms with van der Waals surface area (Å²) in [4.78, 5) is 14.3. The number of hydrogen-bond acceptors (Lipinski definition) is 6. The molecule has 3 N–H and O–H groups in total. The maximum atomic E-state index is 10.8. The fourth-order valence-corrected chi connectivity index (χ4v) is 1.76. The average Bonchev–Trinajstić information content (AvgIpc) is 2.47. The first kappa shape index (κ1) is 14.7. The number of nitrogen functional groups attached to an aromatic ring is 1. The number of nitro groups is 1. The van der Waals surface area contributed by atoms with E-state index in [0.717, 1.165) is 0 Å². The van der Waals surface area contributed by atoms with E-state index < -0.39 is 4.92 Å². The highest BCUT2D eigenvalue weighted by atomic mass is 16.6. The number of ether oxygens (including phenoxy) is 1. The van der Waals surface area contributed by atoms with E-state index in [0.29, 0.717) is 11.7 Å². The van der Waals surface area contributed by atoms with E-state index in [1.807, 2.05) is 12.1 Å². The van der Waals surface area contributed by atoms with Crippen LogP contribution in [0, 0.1) is 10.1 Å². The van der Waals surface area contributed by atoms with Crippen molar-refractivity contribution in [3.05, 3.63) is 52.1 Å². The summed E-state index contributed by atoms with van der Waals surface area (Å²) in [7, 11) is 0. The van der Waals surface area contributed by atoms with Gasteiger partial charge >= 0.3 is 0 Å². The lowest BCUT2D eigenvalue weighted by molar-refractivity contribution is -0.384. The number of benzene rings is 1. The van der Waals surface area contributed by atoms with Crippen LogP contribution in [-0.2, 0) is 0 Å². The quantitative estimate of drug-likeness (QED) is 0.497. The highest BCUT2D eigenvalue weighted by Crippen LogP contribution is 2.27. The lowest BCUT2D eigenvalue weighted by atomic mass is 10.0. The van der Waals surface area contributed by atoms with Crippen molar-refractivity contribution in [3.63, 3.8) is 0 Å². The number of anilines is 1. The van der Waals surface area contributed by atoms with Crippen molar-refractivity contribution in [2.45, 2.75) is 19.8 Å². The number of nitrogens with one attached hydrogen (secondary N) is 1. The molecular weight excluding hydrogens is 272 g/mol. The van der Waals surface area contributed by atoms with Crippen LogP contribution < -0.4 is 16.0 Å². The standard InChI is InChI=1S/C14H16N4O3/c1-9(2)10-3-5-12(6-4-10)21-14-8-11(18(19)20)7-13(16-14)17-15/h3-9H,15H2,1-2H3,(H,16,17). The molecule has 0 amide bonds. The molecule has 0 aliphatic carbocycles. The second-order valence-electron chi connectivity index (χ2n) is 4.78. The summed E-state index contributed by atoms with van der Waals surface area (Å²) in [5, 5.41) is 10.8. The van der Waals surface area contributed by atoms with E-state index in [1.165, 1.54) is 17.7 Å². The number of nitrogens with two attached hydrogens (primary N) is 1. The minimum Gasteiger partial charge on any atom is -0.439 e. The normalized spacial score (nSPS) is 10.5. The molecule has 1 aromatic carbocycles. The predicted octanol–water partition coefficient (Wildman–Crippen LogP) is 3.19. The van der Waals surface area contributed by atoms with Gasteiger partial charge in [-0.05, 0) is 23.6 Å². The topological polar surface area (TPSA) is 103 Å². The zero-order chi connectivity index (χ0) is 15.4. The van der Waals surface area contributed by atoms with Crippen LogP contribution >= 0.6 is 0 Å². The van der Waals surface area contributed by atoms with Crippen LogP contribution in [0.1, 0.15) is 25.3 Å². The monoisotopic (exact) mass is 288 g/mol. The Morgan fingerprint density at radius 3 is 2.48 bits per heavy atom. The molecule has 7 nitrogen and oxygen atoms in total. The lowest BCUT2D eigenvalue weighted by Gasteiger charge is -2.09. The fourth-order valence-electron chi connectivity index (χ4n) is 1.76. The molecule has 0 aliphatic rings. The highest BCUT2D eigenvalue weighted by molar-refractivity contribution is 5.48. The summed E-state index contributed by atoms with van der Waals surface area (Å²) < 4.78 is 5.54. The molecule has 2 rings (SSSR count). The molecule has 2 aromatic rings. The largest absolute Gasteiger partial charge is 0.439 e. The van der Waals surface area contributed by atoms with Crippen LogP contribution in [0.2, 0.25) is 0 Å². The first-order valence-corrected chi connectivity index (χ1v) is 6.40. The van der Waals surface area contributed by atoms with Crippen LogP contribution in [0.15, 0.2) is 36.4 Å². The molecule has 0 saturated carbocycles. The zero-order valence-corrected chi connectivity index (χ0v) is 11.7. The molecule has 7 heteroatoms. The number of aromatic nitrogens is 1. The maximum absolute atomic E-state index is 10.8. The van der Waals surface area contributed by atoms with Gasteiger partial charge in [0.15, 0.2) is 5.82 Å². The minimum absolute atomic E-state index is 0.106. The molecule has 0 saturated heterocycles. The van der Waals surface area contributed by atoms with Gasteiger partial charge in [0, 0.05) is 0 Å². The summed E-state index contributed by atoms with van der Waals surface area (Å²) in [6.45, 7) is 4.19. The Morgan fingerprint density at radius 2 is 1.95 bits per heavy atom. The first-order valence-electron chi connectivity index (χ1n) is 6.40.